The Balaban J connectivity index is 2.15. The average Bonchev–Trinajstić information content (AvgIpc) is 2.91. The summed E-state index contributed by atoms with van der Waals surface area (Å²) in [6, 6.07) is 3.30. The number of anilines is 1. The van der Waals surface area contributed by atoms with Crippen LogP contribution in [0.3, 0.4) is 0 Å². The minimum Gasteiger partial charge on any atom is -0.491 e. The van der Waals surface area contributed by atoms with Gasteiger partial charge in [0.25, 0.3) is 0 Å². The number of nitro groups is 1. The van der Waals surface area contributed by atoms with Crippen LogP contribution in [-0.4, -0.2) is 36.1 Å². The molecule has 0 aromatic heterocycles. The Morgan fingerprint density at radius 1 is 1.52 bits per heavy atom. The lowest BCUT2D eigenvalue weighted by atomic mass is 10.1. The van der Waals surface area contributed by atoms with Gasteiger partial charge in [-0.1, -0.05) is 0 Å². The fourth-order valence-corrected chi connectivity index (χ4v) is 2.91. The largest absolute Gasteiger partial charge is 0.491 e. The molecule has 2 N–H and O–H groups in total. The summed E-state index contributed by atoms with van der Waals surface area (Å²) in [5, 5.41) is 20.1. The molecule has 2 rings (SSSR count). The molecule has 0 bridgehead atoms. The van der Waals surface area contributed by atoms with Gasteiger partial charge >= 0.3 is 5.69 Å². The van der Waals surface area contributed by atoms with Gasteiger partial charge in [-0.05, 0) is 41.9 Å². The van der Waals surface area contributed by atoms with Gasteiger partial charge in [0, 0.05) is 12.6 Å². The van der Waals surface area contributed by atoms with Crippen LogP contribution < -0.4 is 10.5 Å². The van der Waals surface area contributed by atoms with Gasteiger partial charge < -0.3 is 10.5 Å². The first-order valence-electron chi connectivity index (χ1n) is 6.56. The number of hydrogen-bond donors (Lipinski definition) is 1. The first-order valence-corrected chi connectivity index (χ1v) is 7.35. The zero-order valence-electron chi connectivity index (χ0n) is 11.3. The maximum atomic E-state index is 10.9. The summed E-state index contributed by atoms with van der Waals surface area (Å²) >= 11 is 3.10. The van der Waals surface area contributed by atoms with Gasteiger partial charge in [-0.2, -0.15) is 5.26 Å². The SMILES string of the molecule is N#Cc1c(OCCN2CCCC2)cc(Br)c([N+](=O)[O-])c1N. The van der Waals surface area contributed by atoms with Crippen molar-refractivity contribution in [2.75, 3.05) is 32.0 Å². The first-order chi connectivity index (χ1) is 10.0. The summed E-state index contributed by atoms with van der Waals surface area (Å²) < 4.78 is 5.80. The second-order valence-corrected chi connectivity index (χ2v) is 5.61. The monoisotopic (exact) mass is 354 g/mol. The Kier molecular flexibility index (Phi) is 4.98. The summed E-state index contributed by atoms with van der Waals surface area (Å²) in [6.45, 7) is 3.29. The smallest absolute Gasteiger partial charge is 0.307 e. The molecule has 1 heterocycles. The second kappa shape index (κ2) is 6.74. The van der Waals surface area contributed by atoms with Crippen molar-refractivity contribution in [3.63, 3.8) is 0 Å². The van der Waals surface area contributed by atoms with Gasteiger partial charge in [-0.25, -0.2) is 0 Å². The van der Waals surface area contributed by atoms with Crippen molar-refractivity contribution in [3.05, 3.63) is 26.2 Å². The molecule has 0 saturated carbocycles. The first kappa shape index (κ1) is 15.5. The van der Waals surface area contributed by atoms with Crippen LogP contribution in [0.5, 0.6) is 5.75 Å². The van der Waals surface area contributed by atoms with Crippen molar-refractivity contribution in [1.29, 1.82) is 5.26 Å². The summed E-state index contributed by atoms with van der Waals surface area (Å²) in [6.07, 6.45) is 2.39. The summed E-state index contributed by atoms with van der Waals surface area (Å²) in [5.74, 6) is 0.270. The van der Waals surface area contributed by atoms with Crippen LogP contribution in [0.1, 0.15) is 18.4 Å². The number of hydrogen-bond acceptors (Lipinski definition) is 6. The molecule has 1 aromatic rings. The third-order valence-corrected chi connectivity index (χ3v) is 4.02. The Bertz CT molecular complexity index is 594. The Morgan fingerprint density at radius 2 is 2.19 bits per heavy atom. The molecule has 0 radical (unpaired) electrons. The number of nitriles is 1. The minimum absolute atomic E-state index is 0.00585. The maximum Gasteiger partial charge on any atom is 0.307 e. The van der Waals surface area contributed by atoms with Gasteiger partial charge in [0.1, 0.15) is 34.1 Å². The standard InChI is InChI=1S/C13H15BrN4O3/c14-10-7-11(21-6-5-17-3-1-2-4-17)9(8-15)12(16)13(10)18(19)20/h7H,1-6,16H2. The molecule has 1 aromatic carbocycles. The van der Waals surface area contributed by atoms with E-state index in [1.807, 2.05) is 6.07 Å². The highest BCUT2D eigenvalue weighted by molar-refractivity contribution is 9.10. The van der Waals surface area contributed by atoms with E-state index in [9.17, 15) is 10.1 Å². The molecular formula is C13H15BrN4O3. The summed E-state index contributed by atoms with van der Waals surface area (Å²) in [7, 11) is 0. The third kappa shape index (κ3) is 3.43. The number of likely N-dealkylation sites (tertiary alicyclic amines) is 1. The average molecular weight is 355 g/mol. The Hall–Kier alpha value is -1.85. The molecule has 0 spiro atoms. The van der Waals surface area contributed by atoms with Crippen LogP contribution >= 0.6 is 15.9 Å². The highest BCUT2D eigenvalue weighted by Crippen LogP contribution is 2.39. The number of ether oxygens (including phenoxy) is 1. The molecule has 0 amide bonds. The second-order valence-electron chi connectivity index (χ2n) is 4.76. The van der Waals surface area contributed by atoms with E-state index in [1.54, 1.807) is 0 Å². The Labute approximate surface area is 130 Å². The van der Waals surface area contributed by atoms with Gasteiger partial charge in [-0.15, -0.1) is 0 Å². The number of nitrogen functional groups attached to an aromatic ring is 1. The van der Waals surface area contributed by atoms with Crippen molar-refractivity contribution in [2.24, 2.45) is 0 Å². The van der Waals surface area contributed by atoms with Crippen LogP contribution in [0.4, 0.5) is 11.4 Å². The lowest BCUT2D eigenvalue weighted by Crippen LogP contribution is -2.25. The Morgan fingerprint density at radius 3 is 2.76 bits per heavy atom. The lowest BCUT2D eigenvalue weighted by molar-refractivity contribution is -0.384. The predicted octanol–water partition coefficient (Wildman–Crippen LogP) is 2.29. The molecule has 1 saturated heterocycles. The highest BCUT2D eigenvalue weighted by atomic mass is 79.9. The third-order valence-electron chi connectivity index (χ3n) is 3.41. The van der Waals surface area contributed by atoms with Crippen molar-refractivity contribution in [2.45, 2.75) is 12.8 Å². The van der Waals surface area contributed by atoms with Crippen LogP contribution in [-0.2, 0) is 0 Å². The topological polar surface area (TPSA) is 105 Å². The number of rotatable bonds is 5. The van der Waals surface area contributed by atoms with Gasteiger partial charge in [0.15, 0.2) is 0 Å². The van der Waals surface area contributed by atoms with E-state index in [0.29, 0.717) is 6.61 Å². The summed E-state index contributed by atoms with van der Waals surface area (Å²) in [4.78, 5) is 12.6. The quantitative estimate of drug-likeness (QED) is 0.494. The molecule has 7 nitrogen and oxygen atoms in total. The van der Waals surface area contributed by atoms with E-state index in [-0.39, 0.29) is 27.2 Å². The molecule has 0 aliphatic carbocycles. The minimum atomic E-state index is -0.617. The van der Waals surface area contributed by atoms with E-state index < -0.39 is 4.92 Å². The van der Waals surface area contributed by atoms with Crippen molar-refractivity contribution in [1.82, 2.24) is 4.90 Å². The maximum absolute atomic E-state index is 10.9. The van der Waals surface area contributed by atoms with Crippen LogP contribution in [0.25, 0.3) is 0 Å². The zero-order valence-corrected chi connectivity index (χ0v) is 12.9. The molecule has 0 unspecified atom stereocenters. The number of benzene rings is 1. The van der Waals surface area contributed by atoms with E-state index in [4.69, 9.17) is 15.7 Å². The molecule has 1 aliphatic heterocycles. The lowest BCUT2D eigenvalue weighted by Gasteiger charge is -2.16. The van der Waals surface area contributed by atoms with E-state index in [2.05, 4.69) is 20.8 Å². The number of nitrogens with two attached hydrogens (primary N) is 1. The van der Waals surface area contributed by atoms with Crippen molar-refractivity contribution < 1.29 is 9.66 Å². The van der Waals surface area contributed by atoms with Gasteiger partial charge in [-0.3, -0.25) is 15.0 Å². The van der Waals surface area contributed by atoms with Crippen molar-refractivity contribution >= 4 is 27.3 Å². The fraction of sp³-hybridized carbons (Fsp3) is 0.462. The van der Waals surface area contributed by atoms with E-state index in [0.717, 1.165) is 19.6 Å². The normalized spacial score (nSPS) is 14.9. The molecule has 21 heavy (non-hydrogen) atoms. The molecule has 1 fully saturated rings. The number of halogens is 1. The molecule has 1 aliphatic rings. The molecular weight excluding hydrogens is 340 g/mol. The van der Waals surface area contributed by atoms with E-state index in [1.165, 1.54) is 18.9 Å². The van der Waals surface area contributed by atoms with Gasteiger partial charge in [0.2, 0.25) is 0 Å². The fourth-order valence-electron chi connectivity index (χ4n) is 2.34. The molecule has 112 valence electrons. The number of nitro benzene ring substituents is 1. The molecule has 8 heteroatoms. The molecule has 0 atom stereocenters. The number of nitrogens with zero attached hydrogens (tertiary/aromatic N) is 3. The van der Waals surface area contributed by atoms with Crippen LogP contribution in [0.2, 0.25) is 0 Å². The predicted molar refractivity (Wildman–Crippen MR) is 81.1 cm³/mol. The van der Waals surface area contributed by atoms with Gasteiger partial charge in [0.05, 0.1) is 4.92 Å². The zero-order chi connectivity index (χ0) is 15.4. The highest BCUT2D eigenvalue weighted by Gasteiger charge is 2.24. The summed E-state index contributed by atoms with van der Waals surface area (Å²) in [5.41, 5.74) is 5.23. The van der Waals surface area contributed by atoms with Crippen molar-refractivity contribution in [3.8, 4) is 11.8 Å². The van der Waals surface area contributed by atoms with Crippen LogP contribution in [0, 0.1) is 21.4 Å². The van der Waals surface area contributed by atoms with E-state index >= 15 is 0 Å². The van der Waals surface area contributed by atoms with Crippen LogP contribution in [0.15, 0.2) is 10.5 Å².